The first kappa shape index (κ1) is 15.2. The van der Waals surface area contributed by atoms with Crippen LogP contribution >= 0.6 is 0 Å². The van der Waals surface area contributed by atoms with Crippen LogP contribution in [0, 0.1) is 0 Å². The van der Waals surface area contributed by atoms with Crippen LogP contribution in [-0.4, -0.2) is 37.5 Å². The van der Waals surface area contributed by atoms with Gasteiger partial charge in [0.1, 0.15) is 0 Å². The Kier molecular flexibility index (Phi) is 5.51. The predicted octanol–water partition coefficient (Wildman–Crippen LogP) is 1.64. The van der Waals surface area contributed by atoms with Gasteiger partial charge in [0.25, 0.3) is 0 Å². The fraction of sp³-hybridized carbons (Fsp3) is 0.429. The van der Waals surface area contributed by atoms with Crippen molar-refractivity contribution < 1.29 is 19.1 Å². The van der Waals surface area contributed by atoms with Gasteiger partial charge in [-0.2, -0.15) is 0 Å². The summed E-state index contributed by atoms with van der Waals surface area (Å²) in [5, 5.41) is 0. The molecular weight excluding hydrogens is 246 g/mol. The molecule has 0 saturated carbocycles. The van der Waals surface area contributed by atoms with Crippen molar-refractivity contribution >= 4 is 11.9 Å². The molecule has 1 rings (SSSR count). The van der Waals surface area contributed by atoms with E-state index < -0.39 is 11.9 Å². The summed E-state index contributed by atoms with van der Waals surface area (Å²) in [6.07, 6.45) is 0.821. The molecule has 0 spiro atoms. The van der Waals surface area contributed by atoms with E-state index in [0.717, 1.165) is 18.5 Å². The van der Waals surface area contributed by atoms with Gasteiger partial charge in [0.15, 0.2) is 11.5 Å². The molecule has 0 amide bonds. The van der Waals surface area contributed by atoms with Crippen LogP contribution in [0.3, 0.4) is 0 Å². The Hall–Kier alpha value is -1.88. The Balaban J connectivity index is 2.93. The number of esters is 2. The van der Waals surface area contributed by atoms with Gasteiger partial charge in [0, 0.05) is 20.4 Å². The fourth-order valence-electron chi connectivity index (χ4n) is 1.53. The van der Waals surface area contributed by atoms with Crippen molar-refractivity contribution in [3.05, 3.63) is 23.8 Å². The summed E-state index contributed by atoms with van der Waals surface area (Å²) in [6, 6.07) is 5.22. The zero-order valence-corrected chi connectivity index (χ0v) is 11.7. The standard InChI is InChI=1S/C14H19NO4/c1-10(16)18-13-6-5-12(7-8-15(3)4)9-14(13)19-11(2)17/h5-6,9H,7-8H2,1-4H3. The zero-order valence-electron chi connectivity index (χ0n) is 11.7. The molecule has 0 aromatic heterocycles. The number of ether oxygens (including phenoxy) is 2. The molecule has 1 aromatic rings. The van der Waals surface area contributed by atoms with Gasteiger partial charge in [0.2, 0.25) is 0 Å². The molecule has 0 aliphatic carbocycles. The molecule has 0 bridgehead atoms. The third kappa shape index (κ3) is 5.52. The third-order valence-electron chi connectivity index (χ3n) is 2.36. The van der Waals surface area contributed by atoms with Crippen molar-refractivity contribution in [3.63, 3.8) is 0 Å². The lowest BCUT2D eigenvalue weighted by Gasteiger charge is -2.12. The number of carbonyl (C=O) groups is 2. The van der Waals surface area contributed by atoms with E-state index in [0.29, 0.717) is 0 Å². The molecule has 1 aromatic carbocycles. The average Bonchev–Trinajstić information content (AvgIpc) is 2.28. The molecule has 5 heteroatoms. The number of hydrogen-bond donors (Lipinski definition) is 0. The van der Waals surface area contributed by atoms with E-state index in [1.807, 2.05) is 20.2 Å². The van der Waals surface area contributed by atoms with Gasteiger partial charge in [-0.3, -0.25) is 9.59 Å². The predicted molar refractivity (Wildman–Crippen MR) is 71.3 cm³/mol. The van der Waals surface area contributed by atoms with Crippen LogP contribution in [0.15, 0.2) is 18.2 Å². The highest BCUT2D eigenvalue weighted by atomic mass is 16.6. The molecule has 0 saturated heterocycles. The number of likely N-dealkylation sites (N-methyl/N-ethyl adjacent to an activating group) is 1. The molecule has 0 atom stereocenters. The van der Waals surface area contributed by atoms with Gasteiger partial charge < -0.3 is 14.4 Å². The van der Waals surface area contributed by atoms with Crippen LogP contribution in [0.25, 0.3) is 0 Å². The Labute approximate surface area is 113 Å². The number of carbonyl (C=O) groups excluding carboxylic acids is 2. The molecular formula is C14H19NO4. The van der Waals surface area contributed by atoms with Gasteiger partial charge in [-0.25, -0.2) is 0 Å². The molecule has 104 valence electrons. The monoisotopic (exact) mass is 265 g/mol. The maximum atomic E-state index is 11.1. The van der Waals surface area contributed by atoms with Crippen LogP contribution < -0.4 is 9.47 Å². The first-order valence-corrected chi connectivity index (χ1v) is 6.03. The average molecular weight is 265 g/mol. The highest BCUT2D eigenvalue weighted by Crippen LogP contribution is 2.29. The number of rotatable bonds is 5. The van der Waals surface area contributed by atoms with E-state index in [2.05, 4.69) is 4.90 Å². The molecule has 0 heterocycles. The van der Waals surface area contributed by atoms with Gasteiger partial charge in [-0.1, -0.05) is 6.07 Å². The van der Waals surface area contributed by atoms with E-state index in [1.54, 1.807) is 12.1 Å². The lowest BCUT2D eigenvalue weighted by molar-refractivity contribution is -0.134. The van der Waals surface area contributed by atoms with Crippen molar-refractivity contribution in [2.45, 2.75) is 20.3 Å². The van der Waals surface area contributed by atoms with E-state index in [1.165, 1.54) is 13.8 Å². The second-order valence-electron chi connectivity index (χ2n) is 4.52. The van der Waals surface area contributed by atoms with Gasteiger partial charge in [-0.05, 0) is 38.2 Å². The lowest BCUT2D eigenvalue weighted by atomic mass is 10.1. The Bertz CT molecular complexity index is 469. The maximum Gasteiger partial charge on any atom is 0.308 e. The topological polar surface area (TPSA) is 55.8 Å². The number of nitrogens with zero attached hydrogens (tertiary/aromatic N) is 1. The molecule has 0 aliphatic heterocycles. The van der Waals surface area contributed by atoms with Crippen LogP contribution in [0.5, 0.6) is 11.5 Å². The van der Waals surface area contributed by atoms with Crippen molar-refractivity contribution in [2.24, 2.45) is 0 Å². The van der Waals surface area contributed by atoms with Crippen LogP contribution in [0.2, 0.25) is 0 Å². The van der Waals surface area contributed by atoms with Crippen LogP contribution in [0.1, 0.15) is 19.4 Å². The summed E-state index contributed by atoms with van der Waals surface area (Å²) in [7, 11) is 3.97. The van der Waals surface area contributed by atoms with E-state index >= 15 is 0 Å². The minimum Gasteiger partial charge on any atom is -0.423 e. The maximum absolute atomic E-state index is 11.1. The Morgan fingerprint density at radius 3 is 2.16 bits per heavy atom. The van der Waals surface area contributed by atoms with E-state index in [4.69, 9.17) is 9.47 Å². The van der Waals surface area contributed by atoms with Crippen LogP contribution in [0.4, 0.5) is 0 Å². The SMILES string of the molecule is CC(=O)Oc1ccc(CCN(C)C)cc1OC(C)=O. The molecule has 0 N–H and O–H groups in total. The summed E-state index contributed by atoms with van der Waals surface area (Å²) in [5.74, 6) is -0.358. The second kappa shape index (κ2) is 6.89. The highest BCUT2D eigenvalue weighted by Gasteiger charge is 2.11. The summed E-state index contributed by atoms with van der Waals surface area (Å²) < 4.78 is 10.1. The first-order valence-electron chi connectivity index (χ1n) is 6.03. The molecule has 0 radical (unpaired) electrons. The molecule has 0 aliphatic rings. The first-order chi connectivity index (χ1) is 8.88. The third-order valence-corrected chi connectivity index (χ3v) is 2.36. The lowest BCUT2D eigenvalue weighted by Crippen LogP contribution is -2.15. The summed E-state index contributed by atoms with van der Waals surface area (Å²) in [4.78, 5) is 24.1. The number of benzene rings is 1. The molecule has 0 fully saturated rings. The van der Waals surface area contributed by atoms with Gasteiger partial charge in [0.05, 0.1) is 0 Å². The van der Waals surface area contributed by atoms with Crippen molar-refractivity contribution in [2.75, 3.05) is 20.6 Å². The van der Waals surface area contributed by atoms with Crippen molar-refractivity contribution in [1.29, 1.82) is 0 Å². The van der Waals surface area contributed by atoms with E-state index in [9.17, 15) is 9.59 Å². The number of hydrogen-bond acceptors (Lipinski definition) is 5. The quantitative estimate of drug-likeness (QED) is 0.598. The summed E-state index contributed by atoms with van der Waals surface area (Å²) in [5.41, 5.74) is 1.01. The van der Waals surface area contributed by atoms with Crippen molar-refractivity contribution in [1.82, 2.24) is 4.90 Å². The Morgan fingerprint density at radius 1 is 1.05 bits per heavy atom. The minimum atomic E-state index is -0.450. The minimum absolute atomic E-state index is 0.260. The largest absolute Gasteiger partial charge is 0.423 e. The normalized spacial score (nSPS) is 10.4. The summed E-state index contributed by atoms with van der Waals surface area (Å²) >= 11 is 0. The molecule has 0 unspecified atom stereocenters. The highest BCUT2D eigenvalue weighted by molar-refractivity contribution is 5.73. The summed E-state index contributed by atoms with van der Waals surface area (Å²) in [6.45, 7) is 3.49. The van der Waals surface area contributed by atoms with Crippen molar-refractivity contribution in [3.8, 4) is 11.5 Å². The zero-order chi connectivity index (χ0) is 14.4. The molecule has 19 heavy (non-hydrogen) atoms. The van der Waals surface area contributed by atoms with Gasteiger partial charge >= 0.3 is 11.9 Å². The fourth-order valence-corrected chi connectivity index (χ4v) is 1.53. The Morgan fingerprint density at radius 2 is 1.63 bits per heavy atom. The molecule has 5 nitrogen and oxygen atoms in total. The smallest absolute Gasteiger partial charge is 0.308 e. The van der Waals surface area contributed by atoms with Gasteiger partial charge in [-0.15, -0.1) is 0 Å². The van der Waals surface area contributed by atoms with E-state index in [-0.39, 0.29) is 11.5 Å². The van der Waals surface area contributed by atoms with Crippen LogP contribution in [-0.2, 0) is 16.0 Å². The second-order valence-corrected chi connectivity index (χ2v) is 4.52.